The van der Waals surface area contributed by atoms with Crippen molar-refractivity contribution in [3.8, 4) is 34.2 Å². The minimum absolute atomic E-state index is 0.188. The number of fused-ring (bicyclic) bond motifs is 2. The third-order valence-corrected chi connectivity index (χ3v) is 6.63. The van der Waals surface area contributed by atoms with Gasteiger partial charge in [0.15, 0.2) is 11.5 Å². The summed E-state index contributed by atoms with van der Waals surface area (Å²) in [5.74, 6) is 1.43. The van der Waals surface area contributed by atoms with E-state index in [9.17, 15) is 0 Å². The summed E-state index contributed by atoms with van der Waals surface area (Å²) in [6.07, 6.45) is 5.26. The van der Waals surface area contributed by atoms with E-state index in [1.807, 2.05) is 29.6 Å². The topological polar surface area (TPSA) is 138 Å². The van der Waals surface area contributed by atoms with Gasteiger partial charge in [-0.15, -0.1) is 0 Å². The number of nitrogens with two attached hydrogens (primary N) is 1. The quantitative estimate of drug-likeness (QED) is 0.360. The van der Waals surface area contributed by atoms with Crippen LogP contribution in [0.3, 0.4) is 0 Å². The number of nitrogens with one attached hydrogen (secondary N) is 2. The summed E-state index contributed by atoms with van der Waals surface area (Å²) in [5.41, 5.74) is 13.1. The third-order valence-electron chi connectivity index (χ3n) is 5.95. The van der Waals surface area contributed by atoms with Gasteiger partial charge in [-0.2, -0.15) is 16.4 Å². The zero-order valence-electron chi connectivity index (χ0n) is 17.8. The maximum Gasteiger partial charge on any atom is 0.161 e. The maximum atomic E-state index is 5.92. The molecule has 0 bridgehead atoms. The van der Waals surface area contributed by atoms with Crippen LogP contribution >= 0.6 is 11.3 Å². The Morgan fingerprint density at radius 1 is 0.941 bits per heavy atom. The fraction of sp³-hybridized carbons (Fsp3) is 0.130. The highest BCUT2D eigenvalue weighted by molar-refractivity contribution is 7.08. The summed E-state index contributed by atoms with van der Waals surface area (Å²) in [6.45, 7) is 1.56. The van der Waals surface area contributed by atoms with Crippen molar-refractivity contribution in [2.24, 2.45) is 5.73 Å². The van der Waals surface area contributed by atoms with E-state index in [1.165, 1.54) is 0 Å². The first-order valence-electron chi connectivity index (χ1n) is 10.8. The van der Waals surface area contributed by atoms with Crippen LogP contribution < -0.4 is 10.6 Å². The highest BCUT2D eigenvalue weighted by Gasteiger charge is 2.25. The molecule has 1 saturated heterocycles. The Balaban J connectivity index is 1.31. The Bertz CT molecular complexity index is 1650. The molecule has 0 aromatic carbocycles. The van der Waals surface area contributed by atoms with E-state index in [1.54, 1.807) is 29.9 Å². The number of imidazole rings is 1. The first kappa shape index (κ1) is 19.3. The second-order valence-electron chi connectivity index (χ2n) is 8.25. The van der Waals surface area contributed by atoms with E-state index in [4.69, 9.17) is 20.7 Å². The highest BCUT2D eigenvalue weighted by atomic mass is 32.1. The van der Waals surface area contributed by atoms with Gasteiger partial charge in [0.05, 0.1) is 34.8 Å². The van der Waals surface area contributed by atoms with E-state index >= 15 is 0 Å². The molecule has 4 N–H and O–H groups in total. The van der Waals surface area contributed by atoms with Gasteiger partial charge in [0.1, 0.15) is 22.5 Å². The van der Waals surface area contributed by atoms with E-state index in [2.05, 4.69) is 35.4 Å². The molecule has 6 aromatic heterocycles. The molecule has 10 nitrogen and oxygen atoms in total. The summed E-state index contributed by atoms with van der Waals surface area (Å²) >= 11 is 1.63. The van der Waals surface area contributed by atoms with Gasteiger partial charge < -0.3 is 15.6 Å². The van der Waals surface area contributed by atoms with E-state index < -0.39 is 0 Å². The fourth-order valence-electron chi connectivity index (χ4n) is 4.20. The molecule has 7 rings (SSSR count). The van der Waals surface area contributed by atoms with E-state index in [0.29, 0.717) is 28.4 Å². The molecule has 0 saturated carbocycles. The third kappa shape index (κ3) is 3.05. The summed E-state index contributed by atoms with van der Waals surface area (Å²) in [6, 6.07) is 8.01. The van der Waals surface area contributed by atoms with E-state index in [-0.39, 0.29) is 6.04 Å². The van der Waals surface area contributed by atoms with Crippen molar-refractivity contribution in [1.29, 1.82) is 0 Å². The van der Waals surface area contributed by atoms with Crippen LogP contribution in [0, 0.1) is 0 Å². The molecule has 1 aliphatic rings. The summed E-state index contributed by atoms with van der Waals surface area (Å²) in [7, 11) is 0. The molecular weight excluding hydrogens is 448 g/mol. The van der Waals surface area contributed by atoms with Gasteiger partial charge in [-0.1, -0.05) is 0 Å². The zero-order valence-corrected chi connectivity index (χ0v) is 18.6. The Labute approximate surface area is 196 Å². The SMILES string of the molecule is NC1CN(c2cncc(-c3ccc4[nH]nc(-c5nc6c(-c7ccsc7)nccc6[nH]5)c4n3)n2)C1. The largest absolute Gasteiger partial charge is 0.352 e. The lowest BCUT2D eigenvalue weighted by molar-refractivity contribution is 0.514. The molecule has 0 atom stereocenters. The molecule has 0 spiro atoms. The van der Waals surface area contributed by atoms with Crippen molar-refractivity contribution in [3.05, 3.63) is 53.6 Å². The number of H-pyrrole nitrogens is 2. The Hall–Kier alpha value is -4.22. The predicted molar refractivity (Wildman–Crippen MR) is 131 cm³/mol. The van der Waals surface area contributed by atoms with Gasteiger partial charge in [0.2, 0.25) is 0 Å². The lowest BCUT2D eigenvalue weighted by atomic mass is 10.1. The Morgan fingerprint density at radius 2 is 1.85 bits per heavy atom. The van der Waals surface area contributed by atoms with Crippen molar-refractivity contribution < 1.29 is 0 Å². The molecule has 0 amide bonds. The second kappa shape index (κ2) is 7.40. The van der Waals surface area contributed by atoms with Gasteiger partial charge in [-0.25, -0.2) is 15.0 Å². The van der Waals surface area contributed by atoms with Gasteiger partial charge in [0, 0.05) is 36.3 Å². The van der Waals surface area contributed by atoms with Crippen LogP contribution in [-0.2, 0) is 0 Å². The summed E-state index contributed by atoms with van der Waals surface area (Å²) in [4.78, 5) is 28.9. The van der Waals surface area contributed by atoms with Crippen LogP contribution in [0.2, 0.25) is 0 Å². The maximum absolute atomic E-state index is 5.92. The van der Waals surface area contributed by atoms with Crippen molar-refractivity contribution in [3.63, 3.8) is 0 Å². The Kier molecular flexibility index (Phi) is 4.19. The van der Waals surface area contributed by atoms with Gasteiger partial charge in [-0.3, -0.25) is 15.1 Å². The molecule has 0 aliphatic carbocycles. The van der Waals surface area contributed by atoms with Crippen LogP contribution in [0.15, 0.2) is 53.6 Å². The highest BCUT2D eigenvalue weighted by Crippen LogP contribution is 2.31. The minimum atomic E-state index is 0.188. The molecule has 166 valence electrons. The normalized spacial score (nSPS) is 14.2. The molecule has 1 aliphatic heterocycles. The average Bonchev–Trinajstić information content (AvgIpc) is 3.60. The number of anilines is 1. The molecule has 6 aromatic rings. The van der Waals surface area contributed by atoms with Crippen molar-refractivity contribution >= 4 is 39.2 Å². The molecule has 1 fully saturated rings. The zero-order chi connectivity index (χ0) is 22.6. The molecule has 0 radical (unpaired) electrons. The number of rotatable bonds is 4. The molecular formula is C23H18N10S. The van der Waals surface area contributed by atoms with Gasteiger partial charge in [-0.05, 0) is 29.6 Å². The fourth-order valence-corrected chi connectivity index (χ4v) is 4.84. The van der Waals surface area contributed by atoms with Crippen molar-refractivity contribution in [1.82, 2.24) is 40.1 Å². The van der Waals surface area contributed by atoms with Crippen LogP contribution in [0.5, 0.6) is 0 Å². The molecule has 34 heavy (non-hydrogen) atoms. The molecule has 0 unspecified atom stereocenters. The van der Waals surface area contributed by atoms with Crippen molar-refractivity contribution in [2.75, 3.05) is 18.0 Å². The number of thiophene rings is 1. The predicted octanol–water partition coefficient (Wildman–Crippen LogP) is 3.23. The average molecular weight is 467 g/mol. The first-order chi connectivity index (χ1) is 16.7. The van der Waals surface area contributed by atoms with Crippen LogP contribution in [0.4, 0.5) is 5.82 Å². The number of aromatic amines is 2. The smallest absolute Gasteiger partial charge is 0.161 e. The van der Waals surface area contributed by atoms with Crippen LogP contribution in [0.25, 0.3) is 56.2 Å². The van der Waals surface area contributed by atoms with E-state index in [0.717, 1.165) is 46.7 Å². The number of aromatic nitrogens is 8. The Morgan fingerprint density at radius 3 is 2.71 bits per heavy atom. The van der Waals surface area contributed by atoms with Gasteiger partial charge >= 0.3 is 0 Å². The summed E-state index contributed by atoms with van der Waals surface area (Å²) < 4.78 is 0. The van der Waals surface area contributed by atoms with Crippen molar-refractivity contribution in [2.45, 2.75) is 6.04 Å². The standard InChI is InChI=1S/C23H18N10S/c24-13-9-33(10-13)18-8-25-7-17(27-18)14-1-2-16-21(28-14)22(32-31-16)23-29-15-3-5-26-19(20(15)30-23)12-4-6-34-11-12/h1-8,11,13H,9-10,24H2,(H,29,30)(H,31,32). The molecule has 11 heteroatoms. The second-order valence-corrected chi connectivity index (χ2v) is 9.03. The van der Waals surface area contributed by atoms with Crippen LogP contribution in [-0.4, -0.2) is 59.2 Å². The monoisotopic (exact) mass is 466 g/mol. The number of hydrogen-bond acceptors (Lipinski definition) is 9. The number of pyridine rings is 2. The minimum Gasteiger partial charge on any atom is -0.352 e. The first-order valence-corrected chi connectivity index (χ1v) is 11.7. The molecule has 7 heterocycles. The summed E-state index contributed by atoms with van der Waals surface area (Å²) in [5, 5.41) is 11.7. The number of nitrogens with zero attached hydrogens (tertiary/aromatic N) is 7. The lowest BCUT2D eigenvalue weighted by Gasteiger charge is -2.37. The lowest BCUT2D eigenvalue weighted by Crippen LogP contribution is -2.56. The number of hydrogen-bond donors (Lipinski definition) is 3. The van der Waals surface area contributed by atoms with Crippen LogP contribution in [0.1, 0.15) is 0 Å². The van der Waals surface area contributed by atoms with Gasteiger partial charge in [0.25, 0.3) is 0 Å².